The smallest absolute Gasteiger partial charge is 0.0646 e. The van der Waals surface area contributed by atoms with Crippen LogP contribution >= 0.6 is 0 Å². The third-order valence-corrected chi connectivity index (χ3v) is 2.96. The summed E-state index contributed by atoms with van der Waals surface area (Å²) in [6.07, 6.45) is 3.97. The molecule has 1 saturated heterocycles. The van der Waals surface area contributed by atoms with Crippen LogP contribution < -0.4 is 5.32 Å². The van der Waals surface area contributed by atoms with E-state index < -0.39 is 0 Å². The Morgan fingerprint density at radius 3 is 3.00 bits per heavy atom. The fourth-order valence-electron chi connectivity index (χ4n) is 2.23. The molecule has 88 valence electrons. The normalized spacial score (nSPS) is 24.1. The van der Waals surface area contributed by atoms with Crippen LogP contribution in [0.15, 0.2) is 18.3 Å². The van der Waals surface area contributed by atoms with Crippen molar-refractivity contribution >= 4 is 5.69 Å². The number of aromatic nitrogens is 1. The number of ether oxygens (including phenoxy) is 1. The molecule has 0 bridgehead atoms. The van der Waals surface area contributed by atoms with Crippen LogP contribution in [0.3, 0.4) is 0 Å². The van der Waals surface area contributed by atoms with E-state index in [1.165, 1.54) is 0 Å². The van der Waals surface area contributed by atoms with E-state index in [1.54, 1.807) is 0 Å². The van der Waals surface area contributed by atoms with Gasteiger partial charge in [-0.1, -0.05) is 0 Å². The average Bonchev–Trinajstić information content (AvgIpc) is 2.15. The second-order valence-corrected chi connectivity index (χ2v) is 5.13. The number of aryl methyl sites for hydroxylation is 1. The molecule has 1 N–H and O–H groups in total. The second-order valence-electron chi connectivity index (χ2n) is 5.13. The molecule has 1 aliphatic rings. The first-order valence-corrected chi connectivity index (χ1v) is 5.88. The van der Waals surface area contributed by atoms with Gasteiger partial charge in [0.15, 0.2) is 0 Å². The summed E-state index contributed by atoms with van der Waals surface area (Å²) in [5, 5.41) is 3.56. The Labute approximate surface area is 97.2 Å². The Morgan fingerprint density at radius 1 is 1.50 bits per heavy atom. The third kappa shape index (κ3) is 2.95. The summed E-state index contributed by atoms with van der Waals surface area (Å²) in [5.74, 6) is 0. The van der Waals surface area contributed by atoms with Crippen molar-refractivity contribution in [3.05, 3.63) is 24.0 Å². The SMILES string of the molecule is Cc1cc(NC2CCOC(C)(C)C2)ccn1. The van der Waals surface area contributed by atoms with E-state index in [1.807, 2.05) is 19.2 Å². The van der Waals surface area contributed by atoms with Gasteiger partial charge in [-0.3, -0.25) is 4.98 Å². The summed E-state index contributed by atoms with van der Waals surface area (Å²) in [6.45, 7) is 7.16. The molecule has 1 aromatic heterocycles. The van der Waals surface area contributed by atoms with Gasteiger partial charge in [-0.2, -0.15) is 0 Å². The van der Waals surface area contributed by atoms with Crippen molar-refractivity contribution in [2.45, 2.75) is 45.3 Å². The van der Waals surface area contributed by atoms with Crippen LogP contribution in [0.1, 0.15) is 32.4 Å². The quantitative estimate of drug-likeness (QED) is 0.832. The molecule has 1 fully saturated rings. The van der Waals surface area contributed by atoms with Crippen molar-refractivity contribution in [1.29, 1.82) is 0 Å². The fraction of sp³-hybridized carbons (Fsp3) is 0.615. The molecule has 0 aliphatic carbocycles. The summed E-state index contributed by atoms with van der Waals surface area (Å²) in [7, 11) is 0. The first-order valence-electron chi connectivity index (χ1n) is 5.88. The molecular weight excluding hydrogens is 200 g/mol. The van der Waals surface area contributed by atoms with Crippen molar-refractivity contribution in [2.75, 3.05) is 11.9 Å². The maximum atomic E-state index is 5.70. The third-order valence-electron chi connectivity index (χ3n) is 2.96. The molecule has 0 radical (unpaired) electrons. The molecule has 2 rings (SSSR count). The van der Waals surface area contributed by atoms with Gasteiger partial charge in [0, 0.05) is 30.2 Å². The number of nitrogens with one attached hydrogen (secondary N) is 1. The van der Waals surface area contributed by atoms with E-state index in [0.717, 1.165) is 30.8 Å². The highest BCUT2D eigenvalue weighted by Crippen LogP contribution is 2.26. The van der Waals surface area contributed by atoms with Crippen LogP contribution in [0.5, 0.6) is 0 Å². The molecular formula is C13H20N2O. The van der Waals surface area contributed by atoms with Crippen LogP contribution in [0.2, 0.25) is 0 Å². The lowest BCUT2D eigenvalue weighted by molar-refractivity contribution is -0.0553. The highest BCUT2D eigenvalue weighted by Gasteiger charge is 2.28. The van der Waals surface area contributed by atoms with E-state index in [-0.39, 0.29) is 5.60 Å². The van der Waals surface area contributed by atoms with E-state index in [0.29, 0.717) is 6.04 Å². The minimum Gasteiger partial charge on any atom is -0.382 e. The predicted molar refractivity (Wildman–Crippen MR) is 65.6 cm³/mol. The Kier molecular flexibility index (Phi) is 3.15. The van der Waals surface area contributed by atoms with Crippen LogP contribution in [0, 0.1) is 6.92 Å². The Hall–Kier alpha value is -1.09. The number of hydrogen-bond acceptors (Lipinski definition) is 3. The van der Waals surface area contributed by atoms with Gasteiger partial charge in [-0.05, 0) is 45.7 Å². The molecule has 0 saturated carbocycles. The van der Waals surface area contributed by atoms with Gasteiger partial charge in [0.25, 0.3) is 0 Å². The first kappa shape index (κ1) is 11.4. The second kappa shape index (κ2) is 4.42. The lowest BCUT2D eigenvalue weighted by atomic mass is 9.94. The largest absolute Gasteiger partial charge is 0.382 e. The van der Waals surface area contributed by atoms with Crippen molar-refractivity contribution in [3.8, 4) is 0 Å². The lowest BCUT2D eigenvalue weighted by Gasteiger charge is -2.36. The number of hydrogen-bond donors (Lipinski definition) is 1. The summed E-state index contributed by atoms with van der Waals surface area (Å²) in [4.78, 5) is 4.20. The Balaban J connectivity index is 1.99. The number of anilines is 1. The van der Waals surface area contributed by atoms with Crippen LogP contribution in [0.4, 0.5) is 5.69 Å². The molecule has 3 heteroatoms. The summed E-state index contributed by atoms with van der Waals surface area (Å²) in [6, 6.07) is 4.61. The molecule has 1 aromatic rings. The molecule has 0 amide bonds. The predicted octanol–water partition coefficient (Wildman–Crippen LogP) is 2.76. The van der Waals surface area contributed by atoms with E-state index in [2.05, 4.69) is 30.2 Å². The molecule has 3 nitrogen and oxygen atoms in total. The zero-order valence-corrected chi connectivity index (χ0v) is 10.3. The summed E-state index contributed by atoms with van der Waals surface area (Å²) < 4.78 is 5.70. The van der Waals surface area contributed by atoms with E-state index in [4.69, 9.17) is 4.74 Å². The van der Waals surface area contributed by atoms with E-state index >= 15 is 0 Å². The fourth-order valence-corrected chi connectivity index (χ4v) is 2.23. The molecule has 2 heterocycles. The first-order chi connectivity index (χ1) is 7.55. The molecule has 16 heavy (non-hydrogen) atoms. The van der Waals surface area contributed by atoms with Gasteiger partial charge in [0.2, 0.25) is 0 Å². The number of rotatable bonds is 2. The van der Waals surface area contributed by atoms with Crippen molar-refractivity contribution in [3.63, 3.8) is 0 Å². The molecule has 1 unspecified atom stereocenters. The Morgan fingerprint density at radius 2 is 2.31 bits per heavy atom. The number of nitrogens with zero attached hydrogens (tertiary/aromatic N) is 1. The molecule has 1 aliphatic heterocycles. The van der Waals surface area contributed by atoms with Gasteiger partial charge in [0.05, 0.1) is 5.60 Å². The summed E-state index contributed by atoms with van der Waals surface area (Å²) >= 11 is 0. The van der Waals surface area contributed by atoms with Crippen molar-refractivity contribution < 1.29 is 4.74 Å². The Bertz CT molecular complexity index is 363. The van der Waals surface area contributed by atoms with E-state index in [9.17, 15) is 0 Å². The zero-order valence-electron chi connectivity index (χ0n) is 10.3. The molecule has 1 atom stereocenters. The van der Waals surface area contributed by atoms with Crippen LogP contribution in [-0.4, -0.2) is 23.2 Å². The average molecular weight is 220 g/mol. The lowest BCUT2D eigenvalue weighted by Crippen LogP contribution is -2.40. The summed E-state index contributed by atoms with van der Waals surface area (Å²) in [5.41, 5.74) is 2.21. The minimum atomic E-state index is -0.00199. The maximum absolute atomic E-state index is 5.70. The topological polar surface area (TPSA) is 34.1 Å². The zero-order chi connectivity index (χ0) is 11.6. The van der Waals surface area contributed by atoms with Crippen molar-refractivity contribution in [1.82, 2.24) is 4.98 Å². The monoisotopic (exact) mass is 220 g/mol. The van der Waals surface area contributed by atoms with Gasteiger partial charge in [-0.15, -0.1) is 0 Å². The van der Waals surface area contributed by atoms with Gasteiger partial charge < -0.3 is 10.1 Å². The van der Waals surface area contributed by atoms with Gasteiger partial charge in [0.1, 0.15) is 0 Å². The minimum absolute atomic E-state index is 0.00199. The van der Waals surface area contributed by atoms with Crippen LogP contribution in [-0.2, 0) is 4.74 Å². The van der Waals surface area contributed by atoms with Crippen LogP contribution in [0.25, 0.3) is 0 Å². The highest BCUT2D eigenvalue weighted by atomic mass is 16.5. The highest BCUT2D eigenvalue weighted by molar-refractivity contribution is 5.44. The van der Waals surface area contributed by atoms with Gasteiger partial charge in [-0.25, -0.2) is 0 Å². The van der Waals surface area contributed by atoms with Crippen molar-refractivity contribution in [2.24, 2.45) is 0 Å². The maximum Gasteiger partial charge on any atom is 0.0646 e. The molecule has 0 spiro atoms. The number of pyridine rings is 1. The molecule has 0 aromatic carbocycles. The van der Waals surface area contributed by atoms with Gasteiger partial charge >= 0.3 is 0 Å². The standard InChI is InChI=1S/C13H20N2O/c1-10-8-11(4-6-14-10)15-12-5-7-16-13(2,3)9-12/h4,6,8,12H,5,7,9H2,1-3H3,(H,14,15).